The lowest BCUT2D eigenvalue weighted by Crippen LogP contribution is -2.33. The van der Waals surface area contributed by atoms with Crippen molar-refractivity contribution in [2.45, 2.75) is 62.8 Å². The molecule has 0 bridgehead atoms. The molecule has 2 heterocycles. The molecule has 3 unspecified atom stereocenters. The number of ether oxygens (including phenoxy) is 2. The Kier molecular flexibility index (Phi) is 5.29. The molecule has 2 aliphatic heterocycles. The van der Waals surface area contributed by atoms with Gasteiger partial charge in [-0.3, -0.25) is 0 Å². The highest BCUT2D eigenvalue weighted by atomic mass is 35.5. The van der Waals surface area contributed by atoms with E-state index in [1.165, 1.54) is 24.0 Å². The van der Waals surface area contributed by atoms with Crippen LogP contribution in [0.4, 0.5) is 0 Å². The van der Waals surface area contributed by atoms with Gasteiger partial charge in [-0.05, 0) is 47.4 Å². The van der Waals surface area contributed by atoms with Crippen molar-refractivity contribution in [1.29, 1.82) is 0 Å². The zero-order chi connectivity index (χ0) is 20.0. The van der Waals surface area contributed by atoms with E-state index in [0.29, 0.717) is 24.5 Å². The summed E-state index contributed by atoms with van der Waals surface area (Å²) in [5.41, 5.74) is 5.79. The highest BCUT2D eigenvalue weighted by Gasteiger charge is 2.33. The Morgan fingerprint density at radius 3 is 2.62 bits per heavy atom. The van der Waals surface area contributed by atoms with E-state index in [0.717, 1.165) is 41.2 Å². The molecule has 2 aromatic carbocycles. The Bertz CT molecular complexity index is 891. The standard InChI is InChI=1S/C24H27ClO4/c25-23-17(9-14-1-3-15(4-2-14)16-5-6-16)10-21(20-7-8-28-24(20)23)22-12-18(27)11-19(13-26)29-22/h1-4,10,16,18-19,22,26-27H,5-9,11-13H2. The van der Waals surface area contributed by atoms with Crippen molar-refractivity contribution in [3.8, 4) is 5.75 Å². The van der Waals surface area contributed by atoms with E-state index in [1.807, 2.05) is 0 Å². The number of fused-ring (bicyclic) bond motifs is 1. The SMILES string of the molecule is OCC1CC(O)CC(c2cc(Cc3ccc(C4CC4)cc3)c(Cl)c3c2CCO3)O1. The van der Waals surface area contributed by atoms with Gasteiger partial charge >= 0.3 is 0 Å². The van der Waals surface area contributed by atoms with E-state index < -0.39 is 6.10 Å². The van der Waals surface area contributed by atoms with Crippen LogP contribution in [0.3, 0.4) is 0 Å². The number of aliphatic hydroxyl groups excluding tert-OH is 2. The molecule has 4 nitrogen and oxygen atoms in total. The average molecular weight is 415 g/mol. The van der Waals surface area contributed by atoms with Gasteiger partial charge in [0.15, 0.2) is 0 Å². The second-order valence-corrected chi connectivity index (χ2v) is 8.97. The molecule has 154 valence electrons. The first-order valence-corrected chi connectivity index (χ1v) is 11.0. The third-order valence-corrected chi connectivity index (χ3v) is 6.80. The molecule has 2 fully saturated rings. The maximum absolute atomic E-state index is 10.3. The normalized spacial score (nSPS) is 26.2. The lowest BCUT2D eigenvalue weighted by Gasteiger charge is -2.33. The van der Waals surface area contributed by atoms with Gasteiger partial charge in [0.2, 0.25) is 0 Å². The van der Waals surface area contributed by atoms with Crippen molar-refractivity contribution < 1.29 is 19.7 Å². The first-order valence-electron chi connectivity index (χ1n) is 10.6. The zero-order valence-electron chi connectivity index (χ0n) is 16.4. The van der Waals surface area contributed by atoms with E-state index in [1.54, 1.807) is 0 Å². The fraction of sp³-hybridized carbons (Fsp3) is 0.500. The van der Waals surface area contributed by atoms with Crippen LogP contribution in [-0.4, -0.2) is 35.6 Å². The van der Waals surface area contributed by atoms with Crippen LogP contribution in [0.15, 0.2) is 30.3 Å². The monoisotopic (exact) mass is 414 g/mol. The molecule has 5 rings (SSSR count). The number of halogens is 1. The number of hydrogen-bond acceptors (Lipinski definition) is 4. The third kappa shape index (κ3) is 3.91. The number of benzene rings is 2. The van der Waals surface area contributed by atoms with Gasteiger partial charge < -0.3 is 19.7 Å². The van der Waals surface area contributed by atoms with Gasteiger partial charge in [0.05, 0.1) is 36.5 Å². The van der Waals surface area contributed by atoms with Gasteiger partial charge in [0.25, 0.3) is 0 Å². The summed E-state index contributed by atoms with van der Waals surface area (Å²) < 4.78 is 12.0. The van der Waals surface area contributed by atoms with E-state index in [4.69, 9.17) is 21.1 Å². The molecule has 5 heteroatoms. The summed E-state index contributed by atoms with van der Waals surface area (Å²) in [4.78, 5) is 0. The molecule has 2 N–H and O–H groups in total. The molecule has 29 heavy (non-hydrogen) atoms. The Balaban J connectivity index is 1.46. The summed E-state index contributed by atoms with van der Waals surface area (Å²) in [5.74, 6) is 1.51. The van der Waals surface area contributed by atoms with Crippen LogP contribution in [0.25, 0.3) is 0 Å². The van der Waals surface area contributed by atoms with Gasteiger partial charge in [0.1, 0.15) is 5.75 Å². The molecule has 0 aromatic heterocycles. The number of hydrogen-bond donors (Lipinski definition) is 2. The van der Waals surface area contributed by atoms with Crippen molar-refractivity contribution in [3.05, 3.63) is 63.2 Å². The summed E-state index contributed by atoms with van der Waals surface area (Å²) in [6, 6.07) is 11.0. The zero-order valence-corrected chi connectivity index (χ0v) is 17.2. The Morgan fingerprint density at radius 2 is 1.90 bits per heavy atom. The molecular weight excluding hydrogens is 388 g/mol. The minimum absolute atomic E-state index is 0.0833. The fourth-order valence-electron chi connectivity index (χ4n) is 4.68. The molecule has 0 radical (unpaired) electrons. The molecule has 1 aliphatic carbocycles. The first kappa shape index (κ1) is 19.4. The second kappa shape index (κ2) is 7.92. The maximum Gasteiger partial charge on any atom is 0.141 e. The number of aliphatic hydroxyl groups is 2. The lowest BCUT2D eigenvalue weighted by atomic mass is 9.89. The minimum Gasteiger partial charge on any atom is -0.491 e. The first-order chi connectivity index (χ1) is 14.1. The van der Waals surface area contributed by atoms with Gasteiger partial charge in [0, 0.05) is 24.8 Å². The molecular formula is C24H27ClO4. The van der Waals surface area contributed by atoms with Crippen molar-refractivity contribution in [2.75, 3.05) is 13.2 Å². The molecule has 0 spiro atoms. The van der Waals surface area contributed by atoms with Crippen LogP contribution in [0.5, 0.6) is 5.75 Å². The summed E-state index contributed by atoms with van der Waals surface area (Å²) >= 11 is 6.74. The smallest absolute Gasteiger partial charge is 0.141 e. The van der Waals surface area contributed by atoms with E-state index in [9.17, 15) is 10.2 Å². The lowest BCUT2D eigenvalue weighted by molar-refractivity contribution is -0.114. The molecule has 3 atom stereocenters. The quantitative estimate of drug-likeness (QED) is 0.765. The fourth-order valence-corrected chi connectivity index (χ4v) is 4.97. The minimum atomic E-state index is -0.474. The molecule has 3 aliphatic rings. The molecule has 1 saturated heterocycles. The van der Waals surface area contributed by atoms with Gasteiger partial charge in [-0.1, -0.05) is 41.9 Å². The topological polar surface area (TPSA) is 58.9 Å². The van der Waals surface area contributed by atoms with Gasteiger partial charge in [-0.25, -0.2) is 0 Å². The van der Waals surface area contributed by atoms with Crippen LogP contribution in [0.2, 0.25) is 5.02 Å². The highest BCUT2D eigenvalue weighted by molar-refractivity contribution is 6.33. The Hall–Kier alpha value is -1.59. The van der Waals surface area contributed by atoms with Crippen LogP contribution >= 0.6 is 11.6 Å². The van der Waals surface area contributed by atoms with E-state index >= 15 is 0 Å². The summed E-state index contributed by atoms with van der Waals surface area (Å²) in [7, 11) is 0. The average Bonchev–Trinajstić information content (AvgIpc) is 3.46. The molecule has 2 aromatic rings. The number of rotatable bonds is 5. The van der Waals surface area contributed by atoms with Crippen LogP contribution < -0.4 is 4.74 Å². The Labute approximate surface area is 176 Å². The van der Waals surface area contributed by atoms with Crippen LogP contribution in [-0.2, 0) is 17.6 Å². The van der Waals surface area contributed by atoms with Crippen LogP contribution in [0, 0.1) is 0 Å². The highest BCUT2D eigenvalue weighted by Crippen LogP contribution is 2.45. The van der Waals surface area contributed by atoms with Crippen molar-refractivity contribution in [2.24, 2.45) is 0 Å². The third-order valence-electron chi connectivity index (χ3n) is 6.38. The van der Waals surface area contributed by atoms with Crippen molar-refractivity contribution >= 4 is 11.6 Å². The Morgan fingerprint density at radius 1 is 1.10 bits per heavy atom. The second-order valence-electron chi connectivity index (χ2n) is 8.59. The van der Waals surface area contributed by atoms with E-state index in [2.05, 4.69) is 30.3 Å². The summed E-state index contributed by atoms with van der Waals surface area (Å²) in [6.07, 6.45) is 4.07. The van der Waals surface area contributed by atoms with Gasteiger partial charge in [-0.2, -0.15) is 0 Å². The predicted octanol–water partition coefficient (Wildman–Crippen LogP) is 4.32. The van der Waals surface area contributed by atoms with E-state index in [-0.39, 0.29) is 18.8 Å². The van der Waals surface area contributed by atoms with Crippen LogP contribution in [0.1, 0.15) is 65.5 Å². The largest absolute Gasteiger partial charge is 0.491 e. The van der Waals surface area contributed by atoms with Crippen molar-refractivity contribution in [1.82, 2.24) is 0 Å². The van der Waals surface area contributed by atoms with Crippen molar-refractivity contribution in [3.63, 3.8) is 0 Å². The van der Waals surface area contributed by atoms with Gasteiger partial charge in [-0.15, -0.1) is 0 Å². The summed E-state index contributed by atoms with van der Waals surface area (Å²) in [6.45, 7) is 0.528. The molecule has 1 saturated carbocycles. The summed E-state index contributed by atoms with van der Waals surface area (Å²) in [5, 5.41) is 20.5. The predicted molar refractivity (Wildman–Crippen MR) is 112 cm³/mol. The molecule has 0 amide bonds. The maximum atomic E-state index is 10.3.